The summed E-state index contributed by atoms with van der Waals surface area (Å²) in [6, 6.07) is 0. The van der Waals surface area contributed by atoms with Crippen LogP contribution in [0.25, 0.3) is 0 Å². The molecule has 0 bridgehead atoms. The molecule has 0 aliphatic heterocycles. The number of carbonyl (C=O) groups is 2. The van der Waals surface area contributed by atoms with Crippen LogP contribution in [0.15, 0.2) is 0 Å². The van der Waals surface area contributed by atoms with E-state index < -0.39 is 108 Å². The van der Waals surface area contributed by atoms with Gasteiger partial charge in [0.15, 0.2) is 0 Å². The lowest BCUT2D eigenvalue weighted by Gasteiger charge is -2.42. The molecule has 0 fully saturated rings. The Balaban J connectivity index is 6.65. The molecule has 1 atom stereocenters. The molecule has 0 amide bonds. The first kappa shape index (κ1) is 49.0. The Labute approximate surface area is 260 Å². The van der Waals surface area contributed by atoms with Crippen molar-refractivity contribution < 1.29 is 151 Å². The molecule has 1 unspecified atom stereocenters. The fourth-order valence-corrected chi connectivity index (χ4v) is 2.79. The molecule has 34 heteroatoms. The first-order chi connectivity index (χ1) is 21.9. The maximum absolute atomic E-state index is 13.7. The van der Waals surface area contributed by atoms with Gasteiger partial charge in [-0.05, 0) is 0 Å². The topological polar surface area (TPSA) is 63.6 Å². The van der Waals surface area contributed by atoms with Gasteiger partial charge in [-0.25, -0.2) is 4.79 Å². The largest absolute Gasteiger partial charge is 0.460 e. The molecule has 0 rings (SSSR count). The third kappa shape index (κ3) is 6.47. The lowest BCUT2D eigenvalue weighted by atomic mass is 9.88. The van der Waals surface area contributed by atoms with Gasteiger partial charge in [-0.3, -0.25) is 4.79 Å². The molecule has 0 aromatic carbocycles. The van der Waals surface area contributed by atoms with Crippen LogP contribution >= 0.6 is 0 Å². The van der Waals surface area contributed by atoms with Gasteiger partial charge in [-0.15, -0.1) is 0 Å². The van der Waals surface area contributed by atoms with Crippen molar-refractivity contribution in [1.29, 1.82) is 0 Å². The molecule has 0 saturated carbocycles. The predicted octanol–water partition coefficient (Wildman–Crippen LogP) is 8.56. The maximum Gasteiger partial charge on any atom is 0.460 e. The number of aliphatic hydroxyl groups is 1. The molecule has 0 aromatic heterocycles. The van der Waals surface area contributed by atoms with Gasteiger partial charge in [0.05, 0.1) is 0 Å². The van der Waals surface area contributed by atoms with Crippen molar-refractivity contribution in [3.8, 4) is 0 Å². The van der Waals surface area contributed by atoms with Crippen LogP contribution in [0.2, 0.25) is 0 Å². The van der Waals surface area contributed by atoms with Crippen LogP contribution in [0.4, 0.5) is 132 Å². The minimum atomic E-state index is -9.26. The molecule has 0 aliphatic carbocycles. The number of aliphatic hydroxyl groups excluding tert-OH is 1. The summed E-state index contributed by atoms with van der Waals surface area (Å²) in [5, 5.41) is 8.71. The molecule has 4 nitrogen and oxygen atoms in total. The van der Waals surface area contributed by atoms with E-state index in [0.29, 0.717) is 0 Å². The quantitative estimate of drug-likeness (QED) is 0.108. The monoisotopic (exact) mass is 854 g/mol. The molecule has 0 radical (unpaired) electrons. The second-order valence-corrected chi connectivity index (χ2v) is 9.44. The van der Waals surface area contributed by atoms with Gasteiger partial charge in [0.25, 0.3) is 0 Å². The van der Waals surface area contributed by atoms with Gasteiger partial charge in [-0.2, -0.15) is 132 Å². The van der Waals surface area contributed by atoms with Crippen LogP contribution in [0.5, 0.6) is 0 Å². The van der Waals surface area contributed by atoms with E-state index in [1.165, 1.54) is 0 Å². The normalized spacial score (nSPS) is 16.9. The zero-order valence-corrected chi connectivity index (χ0v) is 22.3. The zero-order valence-electron chi connectivity index (χ0n) is 22.3. The maximum atomic E-state index is 13.7. The van der Waals surface area contributed by atoms with Crippen molar-refractivity contribution in [3.63, 3.8) is 0 Å². The second kappa shape index (κ2) is 12.5. The standard InChI is InChI=1S/C18H4F30O4/c19-5(20,7(23,24)9(27,28)11(31,32)12(33,34)14(37,38)16(41,42)18(46,47)48)1-2(49)52-4(51)3(50)6(21,22)8(25,26)10(29,30)13(35,36)15(39,40)17(43,44)45/h3,50H,1H2. The molecule has 0 saturated heterocycles. The summed E-state index contributed by atoms with van der Waals surface area (Å²) in [7, 11) is 0. The van der Waals surface area contributed by atoms with E-state index in [0.717, 1.165) is 0 Å². The van der Waals surface area contributed by atoms with E-state index in [4.69, 9.17) is 5.11 Å². The summed E-state index contributed by atoms with van der Waals surface area (Å²) in [5.41, 5.74) is 0. The third-order valence-corrected chi connectivity index (χ3v) is 5.89. The summed E-state index contributed by atoms with van der Waals surface area (Å²) >= 11 is 0. The highest BCUT2D eigenvalue weighted by atomic mass is 19.4. The van der Waals surface area contributed by atoms with Gasteiger partial charge >= 0.3 is 95.4 Å². The Morgan fingerprint density at radius 3 is 0.885 bits per heavy atom. The number of carbonyl (C=O) groups excluding carboxylic acids is 2. The average Bonchev–Trinajstić information content (AvgIpc) is 2.89. The van der Waals surface area contributed by atoms with E-state index in [1.54, 1.807) is 0 Å². The van der Waals surface area contributed by atoms with Crippen LogP contribution < -0.4 is 0 Å². The van der Waals surface area contributed by atoms with Crippen molar-refractivity contribution >= 4 is 11.9 Å². The van der Waals surface area contributed by atoms with Gasteiger partial charge in [-0.1, -0.05) is 0 Å². The van der Waals surface area contributed by atoms with Gasteiger partial charge in [0.2, 0.25) is 6.10 Å². The summed E-state index contributed by atoms with van der Waals surface area (Å²) in [5.74, 6) is -113. The summed E-state index contributed by atoms with van der Waals surface area (Å²) in [6.07, 6.45) is -26.7. The number of hydrogen-bond donors (Lipinski definition) is 1. The highest BCUT2D eigenvalue weighted by Gasteiger charge is 2.96. The number of rotatable bonds is 14. The van der Waals surface area contributed by atoms with E-state index in [2.05, 4.69) is 4.74 Å². The van der Waals surface area contributed by atoms with Crippen LogP contribution in [0.3, 0.4) is 0 Å². The molecular formula is C18H4F30O4. The minimum absolute atomic E-state index is 2.31. The molecule has 0 heterocycles. The smallest absolute Gasteiger partial charge is 0.391 e. The highest BCUT2D eigenvalue weighted by Crippen LogP contribution is 2.65. The molecule has 310 valence electrons. The lowest BCUT2D eigenvalue weighted by Crippen LogP contribution is -2.74. The third-order valence-electron chi connectivity index (χ3n) is 5.89. The molecule has 0 aromatic rings. The first-order valence-electron chi connectivity index (χ1n) is 11.0. The Morgan fingerprint density at radius 2 is 0.615 bits per heavy atom. The van der Waals surface area contributed by atoms with E-state index >= 15 is 0 Å². The fourth-order valence-electron chi connectivity index (χ4n) is 2.79. The minimum Gasteiger partial charge on any atom is -0.391 e. The molecule has 0 aliphatic rings. The van der Waals surface area contributed by atoms with Crippen LogP contribution in [0.1, 0.15) is 6.42 Å². The van der Waals surface area contributed by atoms with Gasteiger partial charge in [0.1, 0.15) is 6.42 Å². The number of esters is 2. The molecular weight excluding hydrogens is 850 g/mol. The lowest BCUT2D eigenvalue weighted by molar-refractivity contribution is -0.461. The van der Waals surface area contributed by atoms with E-state index in [1.807, 2.05) is 0 Å². The van der Waals surface area contributed by atoms with E-state index in [9.17, 15) is 141 Å². The van der Waals surface area contributed by atoms with Crippen molar-refractivity contribution in [2.45, 2.75) is 95.9 Å². The van der Waals surface area contributed by atoms with Gasteiger partial charge < -0.3 is 9.84 Å². The number of alkyl halides is 30. The predicted molar refractivity (Wildman–Crippen MR) is 93.2 cm³/mol. The Morgan fingerprint density at radius 1 is 0.385 bits per heavy atom. The SMILES string of the molecule is O=C(CC(F)(F)C(F)(F)C(F)(F)C(F)(F)C(F)(F)C(F)(F)C(F)(F)C(F)(F)F)OC(=O)C(O)C(F)(F)C(F)(F)C(F)(F)C(F)(F)C(F)(F)C(F)(F)F. The van der Waals surface area contributed by atoms with Crippen molar-refractivity contribution in [1.82, 2.24) is 0 Å². The van der Waals surface area contributed by atoms with Gasteiger partial charge in [0, 0.05) is 0 Å². The number of ether oxygens (including phenoxy) is 1. The van der Waals surface area contributed by atoms with Crippen LogP contribution in [-0.2, 0) is 14.3 Å². The highest BCUT2D eigenvalue weighted by molar-refractivity contribution is 5.88. The number of halogens is 30. The zero-order chi connectivity index (χ0) is 43.1. The Hall–Kier alpha value is -3.00. The number of hydrogen-bond acceptors (Lipinski definition) is 4. The second-order valence-electron chi connectivity index (χ2n) is 9.44. The van der Waals surface area contributed by atoms with Crippen molar-refractivity contribution in [3.05, 3.63) is 0 Å². The van der Waals surface area contributed by atoms with Crippen LogP contribution in [0, 0.1) is 0 Å². The van der Waals surface area contributed by atoms with Crippen molar-refractivity contribution in [2.75, 3.05) is 0 Å². The average molecular weight is 854 g/mol. The molecule has 1 N–H and O–H groups in total. The summed E-state index contributed by atoms with van der Waals surface area (Å²) in [6.45, 7) is 0. The van der Waals surface area contributed by atoms with Crippen LogP contribution in [-0.4, -0.2) is 107 Å². The molecule has 0 spiro atoms. The summed E-state index contributed by atoms with van der Waals surface area (Å²) in [4.78, 5) is 22.3. The first-order valence-corrected chi connectivity index (χ1v) is 11.0. The fraction of sp³-hybridized carbons (Fsp3) is 0.889. The van der Waals surface area contributed by atoms with Crippen molar-refractivity contribution in [2.24, 2.45) is 0 Å². The Bertz CT molecular complexity index is 1340. The molecule has 52 heavy (non-hydrogen) atoms. The summed E-state index contributed by atoms with van der Waals surface area (Å²) < 4.78 is 396. The van der Waals surface area contributed by atoms with E-state index in [-0.39, 0.29) is 0 Å². The Kier molecular flexibility index (Phi) is 11.8.